The number of hydrogen-bond acceptors (Lipinski definition) is 5. The topological polar surface area (TPSA) is 68.0 Å². The molecule has 0 spiro atoms. The lowest BCUT2D eigenvalue weighted by Gasteiger charge is -2.32. The highest BCUT2D eigenvalue weighted by Gasteiger charge is 2.19. The Bertz CT molecular complexity index is 471. The second kappa shape index (κ2) is 6.47. The second-order valence-corrected chi connectivity index (χ2v) is 4.88. The van der Waals surface area contributed by atoms with Gasteiger partial charge in [0.25, 0.3) is 5.91 Å². The van der Waals surface area contributed by atoms with Crippen molar-refractivity contribution in [2.45, 2.75) is 0 Å². The first-order chi connectivity index (χ1) is 9.60. The quantitative estimate of drug-likeness (QED) is 0.810. The molecule has 0 atom stereocenters. The molecule has 0 saturated carbocycles. The summed E-state index contributed by atoms with van der Waals surface area (Å²) in [5, 5.41) is 0. The number of piperazine rings is 1. The third-order valence-corrected chi connectivity index (χ3v) is 3.39. The first-order valence-corrected chi connectivity index (χ1v) is 6.63. The third-order valence-electron chi connectivity index (χ3n) is 3.39. The van der Waals surface area contributed by atoms with E-state index >= 15 is 0 Å². The molecule has 20 heavy (non-hydrogen) atoms. The normalized spacial score (nSPS) is 16.0. The molecule has 0 radical (unpaired) electrons. The lowest BCUT2D eigenvalue weighted by molar-refractivity contribution is -0.134. The molecule has 1 heterocycles. The van der Waals surface area contributed by atoms with Crippen LogP contribution in [0, 0.1) is 0 Å². The van der Waals surface area contributed by atoms with Crippen molar-refractivity contribution in [3.63, 3.8) is 0 Å². The highest BCUT2D eigenvalue weighted by atomic mass is 16.5. The van der Waals surface area contributed by atoms with Crippen molar-refractivity contribution in [3.05, 3.63) is 18.2 Å². The molecule has 1 saturated heterocycles. The molecule has 110 valence electrons. The lowest BCUT2D eigenvalue weighted by atomic mass is 10.3. The molecule has 0 aromatic heterocycles. The van der Waals surface area contributed by atoms with Crippen LogP contribution in [0.5, 0.6) is 11.5 Å². The number of nitrogens with zero attached hydrogens (tertiary/aromatic N) is 2. The molecular formula is C14H21N3O3. The molecule has 6 heteroatoms. The maximum Gasteiger partial charge on any atom is 0.260 e. The zero-order chi connectivity index (χ0) is 14.5. The van der Waals surface area contributed by atoms with Crippen molar-refractivity contribution in [3.8, 4) is 11.5 Å². The van der Waals surface area contributed by atoms with Crippen LogP contribution >= 0.6 is 0 Å². The highest BCUT2D eigenvalue weighted by Crippen LogP contribution is 2.28. The van der Waals surface area contributed by atoms with E-state index in [2.05, 4.69) is 11.9 Å². The van der Waals surface area contributed by atoms with Crippen LogP contribution in [-0.4, -0.2) is 62.7 Å². The summed E-state index contributed by atoms with van der Waals surface area (Å²) in [4.78, 5) is 16.1. The summed E-state index contributed by atoms with van der Waals surface area (Å²) in [5.41, 5.74) is 6.27. The number of anilines is 1. The SMILES string of the molecule is COc1cc(N)ccc1OCC(=O)N1CCN(C)CC1. The molecule has 1 fully saturated rings. The summed E-state index contributed by atoms with van der Waals surface area (Å²) < 4.78 is 10.7. The van der Waals surface area contributed by atoms with Gasteiger partial charge in [-0.2, -0.15) is 0 Å². The van der Waals surface area contributed by atoms with Crippen molar-refractivity contribution in [2.24, 2.45) is 0 Å². The van der Waals surface area contributed by atoms with Crippen LogP contribution in [0.25, 0.3) is 0 Å². The fraction of sp³-hybridized carbons (Fsp3) is 0.500. The number of ether oxygens (including phenoxy) is 2. The van der Waals surface area contributed by atoms with Crippen molar-refractivity contribution in [1.29, 1.82) is 0 Å². The summed E-state index contributed by atoms with van der Waals surface area (Å²) in [6, 6.07) is 5.11. The van der Waals surface area contributed by atoms with Crippen molar-refractivity contribution >= 4 is 11.6 Å². The minimum atomic E-state index is -0.00280. The Kier molecular flexibility index (Phi) is 4.68. The fourth-order valence-corrected chi connectivity index (χ4v) is 2.09. The van der Waals surface area contributed by atoms with Gasteiger partial charge in [-0.3, -0.25) is 4.79 Å². The Morgan fingerprint density at radius 1 is 1.25 bits per heavy atom. The largest absolute Gasteiger partial charge is 0.493 e. The van der Waals surface area contributed by atoms with Gasteiger partial charge in [0.05, 0.1) is 7.11 Å². The number of rotatable bonds is 4. The van der Waals surface area contributed by atoms with Gasteiger partial charge in [-0.05, 0) is 19.2 Å². The van der Waals surface area contributed by atoms with E-state index in [1.807, 2.05) is 4.90 Å². The molecule has 1 amide bonds. The average molecular weight is 279 g/mol. The van der Waals surface area contributed by atoms with Crippen molar-refractivity contribution in [2.75, 3.05) is 52.7 Å². The number of hydrogen-bond donors (Lipinski definition) is 1. The van der Waals surface area contributed by atoms with Crippen molar-refractivity contribution < 1.29 is 14.3 Å². The number of carbonyl (C=O) groups excluding carboxylic acids is 1. The number of benzene rings is 1. The van der Waals surface area contributed by atoms with Crippen LogP contribution in [0.2, 0.25) is 0 Å². The van der Waals surface area contributed by atoms with Crippen LogP contribution in [-0.2, 0) is 4.79 Å². The molecule has 1 aliphatic rings. The van der Waals surface area contributed by atoms with Gasteiger partial charge >= 0.3 is 0 Å². The number of nitrogen functional groups attached to an aromatic ring is 1. The molecule has 1 aromatic rings. The summed E-state index contributed by atoms with van der Waals surface area (Å²) in [6.07, 6.45) is 0. The van der Waals surface area contributed by atoms with Gasteiger partial charge in [0.1, 0.15) is 0 Å². The Hall–Kier alpha value is -1.95. The van der Waals surface area contributed by atoms with Gasteiger partial charge in [0.15, 0.2) is 18.1 Å². The van der Waals surface area contributed by atoms with Gasteiger partial charge in [0.2, 0.25) is 0 Å². The molecule has 2 rings (SSSR count). The summed E-state index contributed by atoms with van der Waals surface area (Å²) in [7, 11) is 3.60. The number of amides is 1. The smallest absolute Gasteiger partial charge is 0.260 e. The van der Waals surface area contributed by atoms with E-state index in [-0.39, 0.29) is 12.5 Å². The van der Waals surface area contributed by atoms with E-state index in [0.717, 1.165) is 26.2 Å². The van der Waals surface area contributed by atoms with Gasteiger partial charge in [-0.15, -0.1) is 0 Å². The number of carbonyl (C=O) groups is 1. The van der Waals surface area contributed by atoms with E-state index in [1.165, 1.54) is 0 Å². The van der Waals surface area contributed by atoms with Gasteiger partial charge < -0.3 is 25.0 Å². The summed E-state index contributed by atoms with van der Waals surface area (Å²) in [5.74, 6) is 1.07. The minimum Gasteiger partial charge on any atom is -0.493 e. The number of methoxy groups -OCH3 is 1. The van der Waals surface area contributed by atoms with E-state index < -0.39 is 0 Å². The predicted molar refractivity (Wildman–Crippen MR) is 77.0 cm³/mol. The van der Waals surface area contributed by atoms with E-state index in [0.29, 0.717) is 17.2 Å². The third kappa shape index (κ3) is 3.54. The highest BCUT2D eigenvalue weighted by molar-refractivity contribution is 5.78. The van der Waals surface area contributed by atoms with Crippen LogP contribution in [0.4, 0.5) is 5.69 Å². The Morgan fingerprint density at radius 2 is 1.95 bits per heavy atom. The molecule has 6 nitrogen and oxygen atoms in total. The fourth-order valence-electron chi connectivity index (χ4n) is 2.09. The number of likely N-dealkylation sites (N-methyl/N-ethyl adjacent to an activating group) is 1. The molecule has 0 bridgehead atoms. The lowest BCUT2D eigenvalue weighted by Crippen LogP contribution is -2.48. The molecule has 1 aromatic carbocycles. The maximum atomic E-state index is 12.1. The molecular weight excluding hydrogens is 258 g/mol. The van der Waals surface area contributed by atoms with Gasteiger partial charge in [0, 0.05) is 37.9 Å². The van der Waals surface area contributed by atoms with Crippen molar-refractivity contribution in [1.82, 2.24) is 9.80 Å². The predicted octanol–water partition coefficient (Wildman–Crippen LogP) is 0.430. The maximum absolute atomic E-state index is 12.1. The van der Waals surface area contributed by atoms with E-state index in [9.17, 15) is 4.79 Å². The molecule has 0 aliphatic carbocycles. The molecule has 0 unspecified atom stereocenters. The summed E-state index contributed by atoms with van der Waals surface area (Å²) >= 11 is 0. The van der Waals surface area contributed by atoms with Crippen LogP contribution < -0.4 is 15.2 Å². The van der Waals surface area contributed by atoms with E-state index in [1.54, 1.807) is 25.3 Å². The van der Waals surface area contributed by atoms with E-state index in [4.69, 9.17) is 15.2 Å². The van der Waals surface area contributed by atoms with Crippen LogP contribution in [0.15, 0.2) is 18.2 Å². The Morgan fingerprint density at radius 3 is 2.60 bits per heavy atom. The number of nitrogens with two attached hydrogens (primary N) is 1. The molecule has 2 N–H and O–H groups in total. The second-order valence-electron chi connectivity index (χ2n) is 4.88. The van der Waals surface area contributed by atoms with Gasteiger partial charge in [-0.1, -0.05) is 0 Å². The average Bonchev–Trinajstić information content (AvgIpc) is 2.46. The first kappa shape index (κ1) is 14.5. The zero-order valence-corrected chi connectivity index (χ0v) is 12.0. The zero-order valence-electron chi connectivity index (χ0n) is 12.0. The summed E-state index contributed by atoms with van der Waals surface area (Å²) in [6.45, 7) is 3.31. The monoisotopic (exact) mass is 279 g/mol. The van der Waals surface area contributed by atoms with Crippen LogP contribution in [0.1, 0.15) is 0 Å². The standard InChI is InChI=1S/C14H21N3O3/c1-16-5-7-17(8-6-16)14(18)10-20-12-4-3-11(15)9-13(12)19-2/h3-4,9H,5-8,10,15H2,1-2H3. The minimum absolute atomic E-state index is 0.00280. The Balaban J connectivity index is 1.90. The molecule has 1 aliphatic heterocycles. The Labute approximate surface area is 119 Å². The first-order valence-electron chi connectivity index (χ1n) is 6.63. The van der Waals surface area contributed by atoms with Crippen LogP contribution in [0.3, 0.4) is 0 Å². The van der Waals surface area contributed by atoms with Gasteiger partial charge in [-0.25, -0.2) is 0 Å².